The van der Waals surface area contributed by atoms with Gasteiger partial charge in [0.05, 0.1) is 15.6 Å². The van der Waals surface area contributed by atoms with Gasteiger partial charge in [0.1, 0.15) is 18.4 Å². The molecule has 2 amide bonds. The molecular weight excluding hydrogens is 588 g/mol. The highest BCUT2D eigenvalue weighted by atomic mass is 35.5. The van der Waals surface area contributed by atoms with Crippen LogP contribution in [0.15, 0.2) is 71.6 Å². The van der Waals surface area contributed by atoms with Gasteiger partial charge in [0.15, 0.2) is 0 Å². The van der Waals surface area contributed by atoms with Gasteiger partial charge in [0.2, 0.25) is 11.8 Å². The van der Waals surface area contributed by atoms with Crippen molar-refractivity contribution in [1.29, 1.82) is 0 Å². The minimum Gasteiger partial charge on any atom is -0.352 e. The van der Waals surface area contributed by atoms with Crippen LogP contribution in [0.25, 0.3) is 0 Å². The molecule has 39 heavy (non-hydrogen) atoms. The van der Waals surface area contributed by atoms with Crippen LogP contribution in [-0.4, -0.2) is 43.8 Å². The summed E-state index contributed by atoms with van der Waals surface area (Å²) in [6.45, 7) is 4.28. The lowest BCUT2D eigenvalue weighted by Gasteiger charge is -2.32. The zero-order valence-electron chi connectivity index (χ0n) is 21.4. The van der Waals surface area contributed by atoms with Gasteiger partial charge in [-0.15, -0.1) is 0 Å². The van der Waals surface area contributed by atoms with Crippen molar-refractivity contribution in [1.82, 2.24) is 10.2 Å². The van der Waals surface area contributed by atoms with Crippen molar-refractivity contribution in [3.63, 3.8) is 0 Å². The summed E-state index contributed by atoms with van der Waals surface area (Å²) in [6, 6.07) is 14.4. The normalized spacial score (nSPS) is 12.2. The Morgan fingerprint density at radius 3 is 2.18 bits per heavy atom. The zero-order valence-corrected chi connectivity index (χ0v) is 24.5. The first-order valence-electron chi connectivity index (χ1n) is 11.9. The highest BCUT2D eigenvalue weighted by Crippen LogP contribution is 2.29. The second-order valence-electron chi connectivity index (χ2n) is 9.02. The lowest BCUT2D eigenvalue weighted by Crippen LogP contribution is -2.52. The Bertz CT molecular complexity index is 1460. The second kappa shape index (κ2) is 13.0. The molecule has 3 rings (SSSR count). The van der Waals surface area contributed by atoms with E-state index >= 15 is 0 Å². The molecule has 12 heteroatoms. The van der Waals surface area contributed by atoms with E-state index in [4.69, 9.17) is 34.8 Å². The van der Waals surface area contributed by atoms with Crippen LogP contribution in [0.4, 0.5) is 10.1 Å². The quantitative estimate of drug-likeness (QED) is 0.307. The third-order valence-corrected chi connectivity index (χ3v) is 8.42. The predicted molar refractivity (Wildman–Crippen MR) is 152 cm³/mol. The van der Waals surface area contributed by atoms with Crippen molar-refractivity contribution in [2.45, 2.75) is 44.3 Å². The number of hydrogen-bond donors (Lipinski definition) is 1. The summed E-state index contributed by atoms with van der Waals surface area (Å²) in [4.78, 5) is 27.9. The van der Waals surface area contributed by atoms with Gasteiger partial charge in [-0.2, -0.15) is 0 Å². The Labute approximate surface area is 242 Å². The zero-order chi connectivity index (χ0) is 28.9. The van der Waals surface area contributed by atoms with Gasteiger partial charge in [0, 0.05) is 22.6 Å². The second-order valence-corrected chi connectivity index (χ2v) is 12.1. The van der Waals surface area contributed by atoms with Gasteiger partial charge < -0.3 is 10.2 Å². The van der Waals surface area contributed by atoms with Crippen molar-refractivity contribution < 1.29 is 22.4 Å². The van der Waals surface area contributed by atoms with Gasteiger partial charge in [-0.05, 0) is 68.8 Å². The summed E-state index contributed by atoms with van der Waals surface area (Å²) in [5.41, 5.74) is 0.475. The number of hydrogen-bond acceptors (Lipinski definition) is 4. The number of benzene rings is 3. The molecule has 0 aliphatic rings. The summed E-state index contributed by atoms with van der Waals surface area (Å²) in [5.74, 6) is -1.89. The molecule has 0 heterocycles. The number of nitrogens with zero attached hydrogens (tertiary/aromatic N) is 2. The number of anilines is 1. The van der Waals surface area contributed by atoms with Crippen LogP contribution in [0.5, 0.6) is 0 Å². The van der Waals surface area contributed by atoms with E-state index in [1.807, 2.05) is 0 Å². The van der Waals surface area contributed by atoms with Gasteiger partial charge in [-0.3, -0.25) is 13.9 Å². The van der Waals surface area contributed by atoms with E-state index in [9.17, 15) is 22.4 Å². The Balaban J connectivity index is 2.07. The molecule has 0 unspecified atom stereocenters. The molecule has 0 saturated heterocycles. The molecule has 0 spiro atoms. The molecule has 1 N–H and O–H groups in total. The predicted octanol–water partition coefficient (Wildman–Crippen LogP) is 5.92. The minimum absolute atomic E-state index is 0.0256. The molecule has 0 bridgehead atoms. The molecule has 7 nitrogen and oxygen atoms in total. The summed E-state index contributed by atoms with van der Waals surface area (Å²) < 4.78 is 42.2. The van der Waals surface area contributed by atoms with Crippen LogP contribution in [0.1, 0.15) is 26.3 Å². The Hall–Kier alpha value is -2.85. The number of sulfonamides is 1. The first-order valence-corrected chi connectivity index (χ1v) is 14.4. The molecule has 0 saturated carbocycles. The lowest BCUT2D eigenvalue weighted by atomic mass is 10.1. The lowest BCUT2D eigenvalue weighted by molar-refractivity contribution is -0.139. The van der Waals surface area contributed by atoms with E-state index in [0.29, 0.717) is 10.6 Å². The van der Waals surface area contributed by atoms with Crippen LogP contribution in [0, 0.1) is 5.82 Å². The Kier molecular flexibility index (Phi) is 10.2. The van der Waals surface area contributed by atoms with Gasteiger partial charge in [0.25, 0.3) is 10.0 Å². The minimum atomic E-state index is -4.30. The van der Waals surface area contributed by atoms with Crippen molar-refractivity contribution in [2.75, 3.05) is 10.8 Å². The molecule has 0 aliphatic carbocycles. The standard InChI is InChI=1S/C27H27Cl3FN3O4S/c1-17(2)32-27(36)18(3)33(15-19-9-10-20(28)13-23(19)29)26(35)16-34(21-11-12-25(31)24(30)14-21)39(37,38)22-7-5-4-6-8-22/h4-14,17-18H,15-16H2,1-3H3,(H,32,36)/t18-/m0/s1. The van der Waals surface area contributed by atoms with Gasteiger partial charge >= 0.3 is 0 Å². The van der Waals surface area contributed by atoms with Crippen molar-refractivity contribution in [3.05, 3.63) is 93.2 Å². The molecule has 0 aromatic heterocycles. The van der Waals surface area contributed by atoms with Crippen LogP contribution in [-0.2, 0) is 26.2 Å². The molecule has 3 aromatic carbocycles. The van der Waals surface area contributed by atoms with Crippen LogP contribution < -0.4 is 9.62 Å². The molecule has 0 fully saturated rings. The fourth-order valence-corrected chi connectivity index (χ4v) is 5.78. The molecule has 0 aliphatic heterocycles. The fraction of sp³-hybridized carbons (Fsp3) is 0.259. The first-order chi connectivity index (χ1) is 18.3. The van der Waals surface area contributed by atoms with Crippen molar-refractivity contribution in [2.24, 2.45) is 0 Å². The van der Waals surface area contributed by atoms with Gasteiger partial charge in [-0.1, -0.05) is 59.1 Å². The molecule has 1 atom stereocenters. The maximum atomic E-state index is 13.9. The van der Waals surface area contributed by atoms with E-state index in [1.165, 1.54) is 48.2 Å². The summed E-state index contributed by atoms with van der Waals surface area (Å²) >= 11 is 18.3. The van der Waals surface area contributed by atoms with Gasteiger partial charge in [-0.25, -0.2) is 12.8 Å². The number of rotatable bonds is 10. The summed E-state index contributed by atoms with van der Waals surface area (Å²) in [7, 11) is -4.30. The third-order valence-electron chi connectivity index (χ3n) is 5.76. The Morgan fingerprint density at radius 2 is 1.59 bits per heavy atom. The summed E-state index contributed by atoms with van der Waals surface area (Å²) in [5, 5.41) is 3.11. The number of nitrogens with one attached hydrogen (secondary N) is 1. The number of amides is 2. The van der Waals surface area contributed by atoms with Crippen molar-refractivity contribution >= 4 is 62.3 Å². The maximum Gasteiger partial charge on any atom is 0.264 e. The Morgan fingerprint density at radius 1 is 0.923 bits per heavy atom. The number of carbonyl (C=O) groups is 2. The average Bonchev–Trinajstić information content (AvgIpc) is 2.88. The summed E-state index contributed by atoms with van der Waals surface area (Å²) in [6.07, 6.45) is 0. The smallest absolute Gasteiger partial charge is 0.264 e. The first kappa shape index (κ1) is 30.7. The van der Waals surface area contributed by atoms with Crippen LogP contribution >= 0.6 is 34.8 Å². The SMILES string of the molecule is CC(C)NC(=O)[C@H](C)N(Cc1ccc(Cl)cc1Cl)C(=O)CN(c1ccc(F)c(Cl)c1)S(=O)(=O)c1ccccc1. The fourth-order valence-electron chi connectivity index (χ4n) is 3.71. The van der Waals surface area contributed by atoms with E-state index in [2.05, 4.69) is 5.32 Å². The molecule has 208 valence electrons. The highest BCUT2D eigenvalue weighted by Gasteiger charge is 2.33. The van der Waals surface area contributed by atoms with Crippen LogP contribution in [0.3, 0.4) is 0 Å². The van der Waals surface area contributed by atoms with E-state index in [1.54, 1.807) is 32.0 Å². The third kappa shape index (κ3) is 7.63. The molecule has 3 aromatic rings. The molecule has 0 radical (unpaired) electrons. The topological polar surface area (TPSA) is 86.8 Å². The van der Waals surface area contributed by atoms with Crippen molar-refractivity contribution in [3.8, 4) is 0 Å². The van der Waals surface area contributed by atoms with E-state index in [-0.39, 0.29) is 33.2 Å². The highest BCUT2D eigenvalue weighted by molar-refractivity contribution is 7.92. The number of carbonyl (C=O) groups excluding carboxylic acids is 2. The van der Waals surface area contributed by atoms with E-state index in [0.717, 1.165) is 16.4 Å². The monoisotopic (exact) mass is 613 g/mol. The largest absolute Gasteiger partial charge is 0.352 e. The average molecular weight is 615 g/mol. The van der Waals surface area contributed by atoms with Crippen LogP contribution in [0.2, 0.25) is 15.1 Å². The molecular formula is C27H27Cl3FN3O4S. The number of halogens is 4. The van der Waals surface area contributed by atoms with E-state index < -0.39 is 40.2 Å². The maximum absolute atomic E-state index is 13.9.